The lowest BCUT2D eigenvalue weighted by atomic mass is 10.3. The molecule has 6 nitrogen and oxygen atoms in total. The van der Waals surface area contributed by atoms with Crippen LogP contribution in [0.4, 0.5) is 5.69 Å². The molecule has 17 heavy (non-hydrogen) atoms. The van der Waals surface area contributed by atoms with Crippen molar-refractivity contribution in [2.24, 2.45) is 0 Å². The zero-order valence-corrected chi connectivity index (χ0v) is 10.7. The van der Waals surface area contributed by atoms with Gasteiger partial charge in [0.05, 0.1) is 4.92 Å². The summed E-state index contributed by atoms with van der Waals surface area (Å²) in [7, 11) is -3.90. The molecule has 0 bridgehead atoms. The predicted molar refractivity (Wildman–Crippen MR) is 63.6 cm³/mol. The van der Waals surface area contributed by atoms with Crippen LogP contribution in [0.3, 0.4) is 0 Å². The summed E-state index contributed by atoms with van der Waals surface area (Å²) in [6.07, 6.45) is 0. The lowest BCUT2D eigenvalue weighted by Gasteiger charge is -2.09. The van der Waals surface area contributed by atoms with E-state index in [0.717, 1.165) is 12.1 Å². The van der Waals surface area contributed by atoms with E-state index in [9.17, 15) is 18.5 Å². The number of nitro benzene ring substituents is 1. The van der Waals surface area contributed by atoms with E-state index in [1.54, 1.807) is 13.8 Å². The van der Waals surface area contributed by atoms with E-state index in [-0.39, 0.29) is 16.0 Å². The van der Waals surface area contributed by atoms with E-state index in [1.165, 1.54) is 6.07 Å². The van der Waals surface area contributed by atoms with Gasteiger partial charge in [-0.25, -0.2) is 13.1 Å². The van der Waals surface area contributed by atoms with E-state index in [0.29, 0.717) is 0 Å². The first-order valence-corrected chi connectivity index (χ1v) is 6.56. The Balaban J connectivity index is 3.36. The summed E-state index contributed by atoms with van der Waals surface area (Å²) in [5, 5.41) is 10.9. The first-order chi connectivity index (χ1) is 7.74. The number of hydrogen-bond donors (Lipinski definition) is 1. The third-order valence-electron chi connectivity index (χ3n) is 1.80. The molecule has 1 aromatic rings. The van der Waals surface area contributed by atoms with Crippen molar-refractivity contribution in [2.75, 3.05) is 0 Å². The fourth-order valence-corrected chi connectivity index (χ4v) is 2.80. The number of benzene rings is 1. The first-order valence-electron chi connectivity index (χ1n) is 4.70. The van der Waals surface area contributed by atoms with Crippen molar-refractivity contribution >= 4 is 27.3 Å². The van der Waals surface area contributed by atoms with Crippen LogP contribution < -0.4 is 4.72 Å². The first kappa shape index (κ1) is 13.9. The van der Waals surface area contributed by atoms with Gasteiger partial charge in [-0.3, -0.25) is 10.1 Å². The molecule has 1 rings (SSSR count). The SMILES string of the molecule is CC(C)NS(=O)(=O)c1ccc(Cl)cc1[N+](=O)[O-]. The molecule has 0 radical (unpaired) electrons. The predicted octanol–water partition coefficient (Wildman–Crippen LogP) is 1.93. The number of nitro groups is 1. The minimum Gasteiger partial charge on any atom is -0.258 e. The maximum absolute atomic E-state index is 11.8. The molecule has 0 atom stereocenters. The molecule has 1 N–H and O–H groups in total. The van der Waals surface area contributed by atoms with Gasteiger partial charge in [0.15, 0.2) is 4.90 Å². The normalized spacial score (nSPS) is 11.8. The van der Waals surface area contributed by atoms with Gasteiger partial charge in [0, 0.05) is 17.1 Å². The number of nitrogens with zero attached hydrogens (tertiary/aromatic N) is 1. The summed E-state index contributed by atoms with van der Waals surface area (Å²) in [4.78, 5) is 9.60. The van der Waals surface area contributed by atoms with E-state index >= 15 is 0 Å². The molecule has 0 aromatic heterocycles. The van der Waals surface area contributed by atoms with Gasteiger partial charge in [-0.1, -0.05) is 11.6 Å². The second kappa shape index (κ2) is 4.99. The molecule has 0 amide bonds. The average molecular weight is 279 g/mol. The minimum absolute atomic E-state index is 0.111. The Morgan fingerprint density at radius 1 is 1.41 bits per heavy atom. The number of hydrogen-bond acceptors (Lipinski definition) is 4. The van der Waals surface area contributed by atoms with Crippen molar-refractivity contribution in [2.45, 2.75) is 24.8 Å². The van der Waals surface area contributed by atoms with E-state index in [1.807, 2.05) is 0 Å². The molecule has 0 heterocycles. The van der Waals surface area contributed by atoms with Crippen LogP contribution in [0, 0.1) is 10.1 Å². The Hall–Kier alpha value is -1.18. The van der Waals surface area contributed by atoms with Crippen LogP contribution in [0.5, 0.6) is 0 Å². The van der Waals surface area contributed by atoms with Crippen LogP contribution >= 0.6 is 11.6 Å². The van der Waals surface area contributed by atoms with Gasteiger partial charge in [0.2, 0.25) is 10.0 Å². The summed E-state index contributed by atoms with van der Waals surface area (Å²) in [5.41, 5.74) is -0.536. The molecule has 1 aromatic carbocycles. The molecule has 0 aliphatic heterocycles. The van der Waals surface area contributed by atoms with Gasteiger partial charge in [0.1, 0.15) is 0 Å². The molecule has 0 unspecified atom stereocenters. The largest absolute Gasteiger partial charge is 0.290 e. The number of nitrogens with one attached hydrogen (secondary N) is 1. The standard InChI is InChI=1S/C9H11ClN2O4S/c1-6(2)11-17(15,16)9-4-3-7(10)5-8(9)12(13)14/h3-6,11H,1-2H3. The zero-order valence-electron chi connectivity index (χ0n) is 9.18. The maximum atomic E-state index is 11.8. The molecule has 0 aliphatic carbocycles. The maximum Gasteiger partial charge on any atom is 0.290 e. The van der Waals surface area contributed by atoms with Crippen LogP contribution in [0.1, 0.15) is 13.8 Å². The highest BCUT2D eigenvalue weighted by Gasteiger charge is 2.26. The molecule has 8 heteroatoms. The summed E-state index contributed by atoms with van der Waals surface area (Å²) >= 11 is 5.60. The lowest BCUT2D eigenvalue weighted by Crippen LogP contribution is -2.30. The van der Waals surface area contributed by atoms with Crippen molar-refractivity contribution in [3.05, 3.63) is 33.3 Å². The Bertz CT molecular complexity index is 542. The Morgan fingerprint density at radius 2 is 2.00 bits per heavy atom. The van der Waals surface area contributed by atoms with Crippen molar-refractivity contribution < 1.29 is 13.3 Å². The summed E-state index contributed by atoms with van der Waals surface area (Å²) in [6.45, 7) is 3.25. The zero-order chi connectivity index (χ0) is 13.2. The molecule has 0 saturated heterocycles. The topological polar surface area (TPSA) is 89.3 Å². The quantitative estimate of drug-likeness (QED) is 0.673. The van der Waals surface area contributed by atoms with Gasteiger partial charge in [0.25, 0.3) is 5.69 Å². The fraction of sp³-hybridized carbons (Fsp3) is 0.333. The van der Waals surface area contributed by atoms with Crippen molar-refractivity contribution in [3.8, 4) is 0 Å². The van der Waals surface area contributed by atoms with Crippen molar-refractivity contribution in [1.29, 1.82) is 0 Å². The van der Waals surface area contributed by atoms with Gasteiger partial charge < -0.3 is 0 Å². The van der Waals surface area contributed by atoms with Gasteiger partial charge in [-0.05, 0) is 26.0 Å². The van der Waals surface area contributed by atoms with Crippen LogP contribution in [0.25, 0.3) is 0 Å². The van der Waals surface area contributed by atoms with Gasteiger partial charge in [-0.2, -0.15) is 0 Å². The third kappa shape index (κ3) is 3.39. The molecule has 0 spiro atoms. The highest BCUT2D eigenvalue weighted by atomic mass is 35.5. The van der Waals surface area contributed by atoms with Gasteiger partial charge in [-0.15, -0.1) is 0 Å². The highest BCUT2D eigenvalue weighted by Crippen LogP contribution is 2.27. The summed E-state index contributed by atoms with van der Waals surface area (Å²) in [5.74, 6) is 0. The van der Waals surface area contributed by atoms with Crippen molar-refractivity contribution in [1.82, 2.24) is 4.72 Å². The fourth-order valence-electron chi connectivity index (χ4n) is 1.23. The van der Waals surface area contributed by atoms with Crippen molar-refractivity contribution in [3.63, 3.8) is 0 Å². The second-order valence-electron chi connectivity index (χ2n) is 3.65. The lowest BCUT2D eigenvalue weighted by molar-refractivity contribution is -0.387. The summed E-state index contributed by atoms with van der Waals surface area (Å²) in [6, 6.07) is 3.07. The third-order valence-corrected chi connectivity index (χ3v) is 3.74. The smallest absolute Gasteiger partial charge is 0.258 e. The minimum atomic E-state index is -3.90. The van der Waals surface area contributed by atoms with Crippen LogP contribution in [0.2, 0.25) is 5.02 Å². The van der Waals surface area contributed by atoms with Crippen LogP contribution in [-0.4, -0.2) is 19.4 Å². The number of halogens is 1. The van der Waals surface area contributed by atoms with Crippen LogP contribution in [0.15, 0.2) is 23.1 Å². The molecule has 0 fully saturated rings. The number of rotatable bonds is 4. The van der Waals surface area contributed by atoms with Gasteiger partial charge >= 0.3 is 0 Å². The van der Waals surface area contributed by atoms with E-state index in [2.05, 4.69) is 4.72 Å². The Morgan fingerprint density at radius 3 is 2.47 bits per heavy atom. The molecular weight excluding hydrogens is 268 g/mol. The second-order valence-corrected chi connectivity index (χ2v) is 5.76. The Kier molecular flexibility index (Phi) is 4.07. The van der Waals surface area contributed by atoms with Crippen LogP contribution in [-0.2, 0) is 10.0 Å². The Labute approximate surface area is 104 Å². The highest BCUT2D eigenvalue weighted by molar-refractivity contribution is 7.89. The van der Waals surface area contributed by atoms with E-state index < -0.39 is 20.6 Å². The monoisotopic (exact) mass is 278 g/mol. The molecule has 0 aliphatic rings. The number of sulfonamides is 1. The van der Waals surface area contributed by atoms with E-state index in [4.69, 9.17) is 11.6 Å². The molecule has 94 valence electrons. The molecule has 0 saturated carbocycles. The average Bonchev–Trinajstić information content (AvgIpc) is 2.14. The molecular formula is C9H11ClN2O4S. The summed E-state index contributed by atoms with van der Waals surface area (Å²) < 4.78 is 25.9.